The molecule has 0 fully saturated rings. The molecule has 0 saturated carbocycles. The molecule has 114 valence electrons. The summed E-state index contributed by atoms with van der Waals surface area (Å²) in [4.78, 5) is 0.191. The van der Waals surface area contributed by atoms with Crippen molar-refractivity contribution in [3.63, 3.8) is 0 Å². The van der Waals surface area contributed by atoms with E-state index in [1.807, 2.05) is 27.0 Å². The average molecular weight is 300 g/mol. The second kappa shape index (κ2) is 7.61. The second-order valence-electron chi connectivity index (χ2n) is 4.88. The largest absolute Gasteiger partial charge is 0.495 e. The van der Waals surface area contributed by atoms with E-state index in [2.05, 4.69) is 10.0 Å². The van der Waals surface area contributed by atoms with Crippen molar-refractivity contribution in [3.8, 4) is 5.75 Å². The van der Waals surface area contributed by atoms with Crippen molar-refractivity contribution < 1.29 is 13.2 Å². The number of hydrogen-bond acceptors (Lipinski definition) is 4. The van der Waals surface area contributed by atoms with Gasteiger partial charge in [-0.25, -0.2) is 13.1 Å². The van der Waals surface area contributed by atoms with E-state index in [-0.39, 0.29) is 4.90 Å². The van der Waals surface area contributed by atoms with Crippen molar-refractivity contribution >= 4 is 10.0 Å². The molecule has 0 heterocycles. The van der Waals surface area contributed by atoms with Crippen LogP contribution in [0.2, 0.25) is 0 Å². The number of hydrogen-bond donors (Lipinski definition) is 2. The fourth-order valence-electron chi connectivity index (χ4n) is 1.72. The van der Waals surface area contributed by atoms with Gasteiger partial charge in [-0.2, -0.15) is 0 Å². The first kappa shape index (κ1) is 16.9. The standard InChI is InChI=1S/C14H24N2O3S/c1-5-11(2)9-16-20(17,18)14-8-12(10-15-3)6-7-13(14)19-4/h6-8,11,15-16H,5,9-10H2,1-4H3. The number of sulfonamides is 1. The van der Waals surface area contributed by atoms with E-state index < -0.39 is 10.0 Å². The van der Waals surface area contributed by atoms with Crippen LogP contribution in [0.4, 0.5) is 0 Å². The molecule has 0 amide bonds. The van der Waals surface area contributed by atoms with Crippen LogP contribution in [0.15, 0.2) is 23.1 Å². The van der Waals surface area contributed by atoms with Gasteiger partial charge >= 0.3 is 0 Å². The van der Waals surface area contributed by atoms with E-state index >= 15 is 0 Å². The van der Waals surface area contributed by atoms with E-state index in [0.717, 1.165) is 12.0 Å². The van der Waals surface area contributed by atoms with Crippen LogP contribution in [0.1, 0.15) is 25.8 Å². The van der Waals surface area contributed by atoms with Crippen LogP contribution >= 0.6 is 0 Å². The number of ether oxygens (including phenoxy) is 1. The van der Waals surface area contributed by atoms with E-state index in [0.29, 0.717) is 24.8 Å². The molecule has 2 N–H and O–H groups in total. The van der Waals surface area contributed by atoms with Gasteiger partial charge in [0.2, 0.25) is 10.0 Å². The Morgan fingerprint density at radius 2 is 2.05 bits per heavy atom. The molecule has 0 aliphatic carbocycles. The fourth-order valence-corrected chi connectivity index (χ4v) is 3.10. The van der Waals surface area contributed by atoms with Crippen LogP contribution in [0.3, 0.4) is 0 Å². The van der Waals surface area contributed by atoms with Crippen LogP contribution in [0, 0.1) is 5.92 Å². The minimum absolute atomic E-state index is 0.191. The van der Waals surface area contributed by atoms with Gasteiger partial charge in [-0.3, -0.25) is 0 Å². The van der Waals surface area contributed by atoms with E-state index in [1.165, 1.54) is 7.11 Å². The lowest BCUT2D eigenvalue weighted by Gasteiger charge is -2.14. The maximum atomic E-state index is 12.4. The van der Waals surface area contributed by atoms with Crippen LogP contribution in [-0.4, -0.2) is 29.1 Å². The summed E-state index contributed by atoms with van der Waals surface area (Å²) < 4.78 is 32.6. The lowest BCUT2D eigenvalue weighted by molar-refractivity contribution is 0.401. The van der Waals surface area contributed by atoms with Crippen molar-refractivity contribution in [3.05, 3.63) is 23.8 Å². The van der Waals surface area contributed by atoms with Crippen LogP contribution in [0.25, 0.3) is 0 Å². The molecule has 0 spiro atoms. The third-order valence-electron chi connectivity index (χ3n) is 3.22. The molecule has 0 saturated heterocycles. The molecule has 0 bridgehead atoms. The van der Waals surface area contributed by atoms with E-state index in [4.69, 9.17) is 4.74 Å². The zero-order valence-corrected chi connectivity index (χ0v) is 13.4. The maximum Gasteiger partial charge on any atom is 0.244 e. The second-order valence-corrected chi connectivity index (χ2v) is 6.62. The van der Waals surface area contributed by atoms with Crippen molar-refractivity contribution in [1.82, 2.24) is 10.0 Å². The lowest BCUT2D eigenvalue weighted by Crippen LogP contribution is -2.28. The molecule has 1 aromatic carbocycles. The Labute approximate surface area is 121 Å². The quantitative estimate of drug-likeness (QED) is 0.767. The molecule has 1 rings (SSSR count). The molecular formula is C14H24N2O3S. The number of rotatable bonds is 8. The first-order valence-electron chi connectivity index (χ1n) is 6.75. The topological polar surface area (TPSA) is 67.4 Å². The molecule has 0 aliphatic rings. The third kappa shape index (κ3) is 4.47. The van der Waals surface area contributed by atoms with Gasteiger partial charge in [0.15, 0.2) is 0 Å². The highest BCUT2D eigenvalue weighted by Crippen LogP contribution is 2.25. The minimum atomic E-state index is -3.55. The van der Waals surface area contributed by atoms with Gasteiger partial charge in [0.1, 0.15) is 10.6 Å². The lowest BCUT2D eigenvalue weighted by atomic mass is 10.1. The first-order chi connectivity index (χ1) is 9.44. The summed E-state index contributed by atoms with van der Waals surface area (Å²) in [5, 5.41) is 3.00. The molecule has 1 aromatic rings. The van der Waals surface area contributed by atoms with Crippen molar-refractivity contribution in [2.24, 2.45) is 5.92 Å². The molecule has 5 nitrogen and oxygen atoms in total. The third-order valence-corrected chi connectivity index (χ3v) is 4.66. The molecule has 20 heavy (non-hydrogen) atoms. The molecule has 0 aromatic heterocycles. The number of benzene rings is 1. The molecule has 1 unspecified atom stereocenters. The molecule has 0 radical (unpaired) electrons. The fraction of sp³-hybridized carbons (Fsp3) is 0.571. The van der Waals surface area contributed by atoms with Crippen LogP contribution < -0.4 is 14.8 Å². The zero-order valence-electron chi connectivity index (χ0n) is 12.6. The average Bonchev–Trinajstić information content (AvgIpc) is 2.45. The summed E-state index contributed by atoms with van der Waals surface area (Å²) in [6, 6.07) is 5.18. The van der Waals surface area contributed by atoms with Gasteiger partial charge in [0, 0.05) is 13.1 Å². The van der Waals surface area contributed by atoms with Gasteiger partial charge in [-0.05, 0) is 30.7 Å². The SMILES string of the molecule is CCC(C)CNS(=O)(=O)c1cc(CNC)ccc1OC. The molecule has 1 atom stereocenters. The van der Waals surface area contributed by atoms with Crippen LogP contribution in [0.5, 0.6) is 5.75 Å². The van der Waals surface area contributed by atoms with Crippen molar-refractivity contribution in [2.45, 2.75) is 31.7 Å². The Kier molecular flexibility index (Phi) is 6.45. The summed E-state index contributed by atoms with van der Waals surface area (Å²) in [7, 11) is -0.260. The van der Waals surface area contributed by atoms with Gasteiger partial charge in [0.05, 0.1) is 7.11 Å². The Morgan fingerprint density at radius 3 is 2.60 bits per heavy atom. The number of methoxy groups -OCH3 is 1. The smallest absolute Gasteiger partial charge is 0.244 e. The predicted molar refractivity (Wildman–Crippen MR) is 80.4 cm³/mol. The Hall–Kier alpha value is -1.11. The molecule has 6 heteroatoms. The maximum absolute atomic E-state index is 12.4. The molecular weight excluding hydrogens is 276 g/mol. The highest BCUT2D eigenvalue weighted by atomic mass is 32.2. The predicted octanol–water partition coefficient (Wildman–Crippen LogP) is 1.74. The van der Waals surface area contributed by atoms with Gasteiger partial charge in [-0.1, -0.05) is 26.3 Å². The summed E-state index contributed by atoms with van der Waals surface area (Å²) in [6.45, 7) is 5.08. The van der Waals surface area contributed by atoms with Crippen molar-refractivity contribution in [1.29, 1.82) is 0 Å². The first-order valence-corrected chi connectivity index (χ1v) is 8.24. The van der Waals surface area contributed by atoms with E-state index in [9.17, 15) is 8.42 Å². The van der Waals surface area contributed by atoms with Crippen molar-refractivity contribution in [2.75, 3.05) is 20.7 Å². The van der Waals surface area contributed by atoms with E-state index in [1.54, 1.807) is 12.1 Å². The summed E-state index contributed by atoms with van der Waals surface area (Å²) in [5.74, 6) is 0.665. The Bertz CT molecular complexity index is 529. The highest BCUT2D eigenvalue weighted by Gasteiger charge is 2.20. The molecule has 0 aliphatic heterocycles. The van der Waals surface area contributed by atoms with Gasteiger partial charge in [0.25, 0.3) is 0 Å². The Balaban J connectivity index is 3.04. The highest BCUT2D eigenvalue weighted by molar-refractivity contribution is 7.89. The summed E-state index contributed by atoms with van der Waals surface area (Å²) >= 11 is 0. The van der Waals surface area contributed by atoms with Gasteiger partial charge in [-0.15, -0.1) is 0 Å². The summed E-state index contributed by atoms with van der Waals surface area (Å²) in [5.41, 5.74) is 0.900. The van der Waals surface area contributed by atoms with Crippen LogP contribution in [-0.2, 0) is 16.6 Å². The number of nitrogens with one attached hydrogen (secondary N) is 2. The Morgan fingerprint density at radius 1 is 1.35 bits per heavy atom. The monoisotopic (exact) mass is 300 g/mol. The zero-order chi connectivity index (χ0) is 15.2. The minimum Gasteiger partial charge on any atom is -0.495 e. The normalized spacial score (nSPS) is 13.2. The van der Waals surface area contributed by atoms with Gasteiger partial charge < -0.3 is 10.1 Å². The summed E-state index contributed by atoms with van der Waals surface area (Å²) in [6.07, 6.45) is 0.930.